The lowest BCUT2D eigenvalue weighted by molar-refractivity contribution is -0.149. The van der Waals surface area contributed by atoms with Crippen LogP contribution in [0.1, 0.15) is 45.1 Å². The molecule has 1 unspecified atom stereocenters. The van der Waals surface area contributed by atoms with Gasteiger partial charge in [0, 0.05) is 0 Å². The van der Waals surface area contributed by atoms with E-state index in [2.05, 4.69) is 6.92 Å². The Bertz CT molecular complexity index is 361. The van der Waals surface area contributed by atoms with Crippen LogP contribution in [0.15, 0.2) is 30.3 Å². The van der Waals surface area contributed by atoms with Crippen molar-refractivity contribution in [2.24, 2.45) is 0 Å². The van der Waals surface area contributed by atoms with Gasteiger partial charge in [-0.25, -0.2) is 0 Å². The van der Waals surface area contributed by atoms with Crippen LogP contribution in [0.2, 0.25) is 0 Å². The maximum atomic E-state index is 11.6. The summed E-state index contributed by atoms with van der Waals surface area (Å²) in [6.45, 7) is 4.18. The molecule has 0 aromatic heterocycles. The molecule has 0 fully saturated rings. The Morgan fingerprint density at radius 3 is 2.50 bits per heavy atom. The summed E-state index contributed by atoms with van der Waals surface area (Å²) in [6, 6.07) is 9.35. The minimum absolute atomic E-state index is 0.0187. The van der Waals surface area contributed by atoms with E-state index in [-0.39, 0.29) is 12.4 Å². The number of esters is 1. The lowest BCUT2D eigenvalue weighted by atomic mass is 9.86. The zero-order valence-corrected chi connectivity index (χ0v) is 11.2. The number of ether oxygens (including phenoxy) is 1. The van der Waals surface area contributed by atoms with E-state index in [0.717, 1.165) is 18.4 Å². The Labute approximate surface area is 109 Å². The van der Waals surface area contributed by atoms with E-state index < -0.39 is 5.60 Å². The number of carbonyl (C=O) groups is 1. The van der Waals surface area contributed by atoms with Crippen molar-refractivity contribution in [3.63, 3.8) is 0 Å². The first kappa shape index (κ1) is 14.7. The van der Waals surface area contributed by atoms with Crippen molar-refractivity contribution in [3.05, 3.63) is 35.9 Å². The second kappa shape index (κ2) is 7.17. The number of hydrogen-bond acceptors (Lipinski definition) is 3. The van der Waals surface area contributed by atoms with Gasteiger partial charge in [0.25, 0.3) is 0 Å². The van der Waals surface area contributed by atoms with Gasteiger partial charge in [-0.15, -0.1) is 0 Å². The van der Waals surface area contributed by atoms with E-state index in [4.69, 9.17) is 4.74 Å². The lowest BCUT2D eigenvalue weighted by Gasteiger charge is -2.27. The van der Waals surface area contributed by atoms with Gasteiger partial charge in [-0.2, -0.15) is 0 Å². The Balaban J connectivity index is 2.84. The number of unbranched alkanes of at least 4 members (excludes halogenated alkanes) is 1. The first-order valence-electron chi connectivity index (χ1n) is 6.56. The van der Waals surface area contributed by atoms with E-state index >= 15 is 0 Å². The Kier molecular flexibility index (Phi) is 5.86. The highest BCUT2D eigenvalue weighted by molar-refractivity contribution is 5.71. The van der Waals surface area contributed by atoms with Crippen molar-refractivity contribution in [2.75, 3.05) is 6.61 Å². The number of carbonyl (C=O) groups excluding carboxylic acids is 1. The van der Waals surface area contributed by atoms with E-state index in [1.807, 2.05) is 30.3 Å². The standard InChI is InChI=1S/C15H22O3/c1-3-5-11-15(17,12-14(16)18-4-2)13-9-7-6-8-10-13/h6-10,17H,3-5,11-12H2,1-2H3. The molecule has 0 aliphatic carbocycles. The van der Waals surface area contributed by atoms with E-state index in [0.29, 0.717) is 13.0 Å². The molecule has 0 radical (unpaired) electrons. The largest absolute Gasteiger partial charge is 0.466 e. The highest BCUT2D eigenvalue weighted by atomic mass is 16.5. The van der Waals surface area contributed by atoms with Gasteiger partial charge >= 0.3 is 5.97 Å². The first-order chi connectivity index (χ1) is 8.62. The van der Waals surface area contributed by atoms with Gasteiger partial charge in [0.1, 0.15) is 5.60 Å². The number of benzene rings is 1. The summed E-state index contributed by atoms with van der Waals surface area (Å²) in [4.78, 5) is 11.6. The molecule has 18 heavy (non-hydrogen) atoms. The Morgan fingerprint density at radius 2 is 1.94 bits per heavy atom. The van der Waals surface area contributed by atoms with Crippen molar-refractivity contribution in [1.82, 2.24) is 0 Å². The third-order valence-corrected chi connectivity index (χ3v) is 3.00. The van der Waals surface area contributed by atoms with E-state index in [9.17, 15) is 9.90 Å². The molecule has 3 heteroatoms. The molecule has 0 spiro atoms. The molecule has 3 nitrogen and oxygen atoms in total. The van der Waals surface area contributed by atoms with Crippen LogP contribution in [-0.4, -0.2) is 17.7 Å². The summed E-state index contributed by atoms with van der Waals surface area (Å²) >= 11 is 0. The zero-order chi connectivity index (χ0) is 13.4. The fraction of sp³-hybridized carbons (Fsp3) is 0.533. The van der Waals surface area contributed by atoms with Gasteiger partial charge in [0.05, 0.1) is 13.0 Å². The maximum absolute atomic E-state index is 11.6. The monoisotopic (exact) mass is 250 g/mol. The highest BCUT2D eigenvalue weighted by Crippen LogP contribution is 2.31. The van der Waals surface area contributed by atoms with Crippen LogP contribution in [0.3, 0.4) is 0 Å². The van der Waals surface area contributed by atoms with Crippen molar-refractivity contribution in [1.29, 1.82) is 0 Å². The smallest absolute Gasteiger partial charge is 0.309 e. The molecule has 0 heterocycles. The van der Waals surface area contributed by atoms with Crippen LogP contribution in [0.4, 0.5) is 0 Å². The fourth-order valence-electron chi connectivity index (χ4n) is 2.00. The molecule has 1 rings (SSSR count). The topological polar surface area (TPSA) is 46.5 Å². The molecule has 0 saturated carbocycles. The molecule has 100 valence electrons. The predicted molar refractivity (Wildman–Crippen MR) is 71.1 cm³/mol. The van der Waals surface area contributed by atoms with Crippen molar-refractivity contribution >= 4 is 5.97 Å². The Hall–Kier alpha value is -1.35. The summed E-state index contributed by atoms with van der Waals surface area (Å²) in [5, 5.41) is 10.7. The molecule has 1 aromatic rings. The number of hydrogen-bond donors (Lipinski definition) is 1. The lowest BCUT2D eigenvalue weighted by Crippen LogP contribution is -2.30. The summed E-state index contributed by atoms with van der Waals surface area (Å²) < 4.78 is 4.94. The van der Waals surface area contributed by atoms with Crippen LogP contribution in [0.5, 0.6) is 0 Å². The normalized spacial score (nSPS) is 13.9. The minimum Gasteiger partial charge on any atom is -0.466 e. The van der Waals surface area contributed by atoms with Crippen LogP contribution < -0.4 is 0 Å². The predicted octanol–water partition coefficient (Wildman–Crippen LogP) is 3.02. The SMILES string of the molecule is CCCCC(O)(CC(=O)OCC)c1ccccc1. The second-order valence-corrected chi connectivity index (χ2v) is 4.48. The Morgan fingerprint density at radius 1 is 1.28 bits per heavy atom. The third kappa shape index (κ3) is 4.15. The summed E-state index contributed by atoms with van der Waals surface area (Å²) in [6.07, 6.45) is 2.46. The van der Waals surface area contributed by atoms with Crippen LogP contribution >= 0.6 is 0 Å². The van der Waals surface area contributed by atoms with Gasteiger partial charge in [0.15, 0.2) is 0 Å². The quantitative estimate of drug-likeness (QED) is 0.757. The molecule has 1 N–H and O–H groups in total. The highest BCUT2D eigenvalue weighted by Gasteiger charge is 2.32. The summed E-state index contributed by atoms with van der Waals surface area (Å²) in [5.41, 5.74) is -0.324. The van der Waals surface area contributed by atoms with Crippen molar-refractivity contribution in [2.45, 2.75) is 45.1 Å². The van der Waals surface area contributed by atoms with Crippen LogP contribution in [0.25, 0.3) is 0 Å². The van der Waals surface area contributed by atoms with E-state index in [1.54, 1.807) is 6.92 Å². The first-order valence-corrected chi connectivity index (χ1v) is 6.56. The molecule has 0 aliphatic heterocycles. The van der Waals surface area contributed by atoms with Crippen molar-refractivity contribution in [3.8, 4) is 0 Å². The maximum Gasteiger partial charge on any atom is 0.309 e. The fourth-order valence-corrected chi connectivity index (χ4v) is 2.00. The van der Waals surface area contributed by atoms with Crippen LogP contribution in [0, 0.1) is 0 Å². The number of rotatable bonds is 7. The van der Waals surface area contributed by atoms with Gasteiger partial charge in [-0.05, 0) is 18.9 Å². The minimum atomic E-state index is -1.11. The van der Waals surface area contributed by atoms with Gasteiger partial charge in [-0.3, -0.25) is 4.79 Å². The van der Waals surface area contributed by atoms with Crippen LogP contribution in [-0.2, 0) is 15.1 Å². The zero-order valence-electron chi connectivity index (χ0n) is 11.2. The summed E-state index contributed by atoms with van der Waals surface area (Å²) in [7, 11) is 0. The summed E-state index contributed by atoms with van der Waals surface area (Å²) in [5.74, 6) is -0.347. The average Bonchev–Trinajstić information content (AvgIpc) is 2.38. The molecular formula is C15H22O3. The molecule has 1 aromatic carbocycles. The van der Waals surface area contributed by atoms with E-state index in [1.165, 1.54) is 0 Å². The number of aliphatic hydroxyl groups is 1. The van der Waals surface area contributed by atoms with Gasteiger partial charge < -0.3 is 9.84 Å². The van der Waals surface area contributed by atoms with Gasteiger partial charge in [0.2, 0.25) is 0 Å². The average molecular weight is 250 g/mol. The molecule has 0 bridgehead atoms. The molecule has 0 saturated heterocycles. The molecule has 0 aliphatic rings. The molecule has 1 atom stereocenters. The molecule has 0 amide bonds. The molecular weight excluding hydrogens is 228 g/mol. The van der Waals surface area contributed by atoms with Crippen molar-refractivity contribution < 1.29 is 14.6 Å². The third-order valence-electron chi connectivity index (χ3n) is 3.00. The van der Waals surface area contributed by atoms with Gasteiger partial charge in [-0.1, -0.05) is 50.1 Å². The second-order valence-electron chi connectivity index (χ2n) is 4.48.